The van der Waals surface area contributed by atoms with Crippen molar-refractivity contribution in [1.29, 1.82) is 0 Å². The number of anilines is 1. The Bertz CT molecular complexity index is 570. The fourth-order valence-electron chi connectivity index (χ4n) is 2.03. The molecule has 0 radical (unpaired) electrons. The second kappa shape index (κ2) is 6.39. The van der Waals surface area contributed by atoms with Gasteiger partial charge in [-0.15, -0.1) is 0 Å². The van der Waals surface area contributed by atoms with Crippen LogP contribution >= 0.6 is 0 Å². The summed E-state index contributed by atoms with van der Waals surface area (Å²) in [6.07, 6.45) is 1.24. The summed E-state index contributed by atoms with van der Waals surface area (Å²) in [5.74, 6) is 1.69. The van der Waals surface area contributed by atoms with Crippen LogP contribution in [0.15, 0.2) is 42.6 Å². The van der Waals surface area contributed by atoms with Gasteiger partial charge >= 0.3 is 0 Å². The molecule has 1 aromatic carbocycles. The average molecular weight is 272 g/mol. The van der Waals surface area contributed by atoms with Gasteiger partial charge in [0.25, 0.3) is 0 Å². The van der Waals surface area contributed by atoms with E-state index >= 15 is 0 Å². The minimum Gasteiger partial charge on any atom is -0.497 e. The van der Waals surface area contributed by atoms with Crippen molar-refractivity contribution >= 4 is 5.82 Å². The number of hydrogen-bond donors (Lipinski definition) is 1. The molecule has 0 spiro atoms. The van der Waals surface area contributed by atoms with Gasteiger partial charge < -0.3 is 14.7 Å². The molecule has 0 aliphatic rings. The van der Waals surface area contributed by atoms with Gasteiger partial charge in [0, 0.05) is 19.8 Å². The summed E-state index contributed by atoms with van der Waals surface area (Å²) in [7, 11) is 3.64. The first-order chi connectivity index (χ1) is 9.60. The molecule has 4 heteroatoms. The Kier molecular flexibility index (Phi) is 4.58. The smallest absolute Gasteiger partial charge is 0.128 e. The number of ether oxygens (including phenoxy) is 1. The second-order valence-corrected chi connectivity index (χ2v) is 4.83. The van der Waals surface area contributed by atoms with Crippen LogP contribution in [0.1, 0.15) is 24.2 Å². The summed E-state index contributed by atoms with van der Waals surface area (Å²) in [6, 6.07) is 11.7. The normalized spacial score (nSPS) is 12.0. The maximum atomic E-state index is 9.63. The van der Waals surface area contributed by atoms with Crippen LogP contribution in [0.5, 0.6) is 5.75 Å². The molecular weight excluding hydrogens is 252 g/mol. The summed E-state index contributed by atoms with van der Waals surface area (Å²) in [6.45, 7) is 2.48. The van der Waals surface area contributed by atoms with E-state index in [-0.39, 0.29) is 0 Å². The summed E-state index contributed by atoms with van der Waals surface area (Å²) < 4.78 is 5.23. The van der Waals surface area contributed by atoms with Crippen LogP contribution < -0.4 is 9.64 Å². The highest BCUT2D eigenvalue weighted by Gasteiger charge is 2.07. The first kappa shape index (κ1) is 14.3. The van der Waals surface area contributed by atoms with Crippen molar-refractivity contribution < 1.29 is 9.84 Å². The molecule has 4 nitrogen and oxygen atoms in total. The molecule has 0 bridgehead atoms. The van der Waals surface area contributed by atoms with Crippen molar-refractivity contribution in [2.75, 3.05) is 19.1 Å². The quantitative estimate of drug-likeness (QED) is 0.909. The minimum absolute atomic E-state index is 0.484. The third-order valence-corrected chi connectivity index (χ3v) is 3.20. The minimum atomic E-state index is -0.484. The Labute approximate surface area is 119 Å². The zero-order valence-electron chi connectivity index (χ0n) is 12.1. The summed E-state index contributed by atoms with van der Waals surface area (Å²) >= 11 is 0. The van der Waals surface area contributed by atoms with Crippen molar-refractivity contribution in [2.24, 2.45) is 0 Å². The highest BCUT2D eigenvalue weighted by atomic mass is 16.5. The molecule has 2 rings (SSSR count). The van der Waals surface area contributed by atoms with Gasteiger partial charge in [-0.05, 0) is 42.3 Å². The Balaban J connectivity index is 2.14. The first-order valence-electron chi connectivity index (χ1n) is 6.58. The molecule has 0 aliphatic carbocycles. The number of benzene rings is 1. The van der Waals surface area contributed by atoms with Crippen LogP contribution in [-0.2, 0) is 6.54 Å². The molecule has 1 N–H and O–H groups in total. The lowest BCUT2D eigenvalue weighted by Crippen LogP contribution is -2.18. The Morgan fingerprint density at radius 3 is 2.80 bits per heavy atom. The third-order valence-electron chi connectivity index (χ3n) is 3.20. The molecule has 0 unspecified atom stereocenters. The molecule has 1 aromatic heterocycles. The van der Waals surface area contributed by atoms with E-state index in [0.717, 1.165) is 29.2 Å². The highest BCUT2D eigenvalue weighted by molar-refractivity contribution is 5.42. The number of nitrogens with zero attached hydrogens (tertiary/aromatic N) is 2. The fourth-order valence-corrected chi connectivity index (χ4v) is 2.03. The van der Waals surface area contributed by atoms with Crippen molar-refractivity contribution in [3.8, 4) is 5.75 Å². The first-order valence-corrected chi connectivity index (χ1v) is 6.58. The molecule has 1 heterocycles. The van der Waals surface area contributed by atoms with E-state index in [1.165, 1.54) is 0 Å². The van der Waals surface area contributed by atoms with Crippen LogP contribution in [-0.4, -0.2) is 24.2 Å². The summed E-state index contributed by atoms with van der Waals surface area (Å²) in [5, 5.41) is 9.63. The zero-order chi connectivity index (χ0) is 14.5. The van der Waals surface area contributed by atoms with E-state index in [1.807, 2.05) is 42.3 Å². The van der Waals surface area contributed by atoms with Crippen LogP contribution in [0.4, 0.5) is 5.82 Å². The van der Waals surface area contributed by atoms with Crippen molar-refractivity contribution in [3.05, 3.63) is 53.7 Å². The number of hydrogen-bond acceptors (Lipinski definition) is 4. The van der Waals surface area contributed by atoms with Gasteiger partial charge in [0.05, 0.1) is 13.2 Å². The van der Waals surface area contributed by atoms with Gasteiger partial charge in [-0.2, -0.15) is 0 Å². The number of rotatable bonds is 5. The van der Waals surface area contributed by atoms with E-state index in [9.17, 15) is 5.11 Å². The van der Waals surface area contributed by atoms with E-state index in [0.29, 0.717) is 0 Å². The van der Waals surface area contributed by atoms with E-state index in [4.69, 9.17) is 4.74 Å². The van der Waals surface area contributed by atoms with Gasteiger partial charge in [-0.25, -0.2) is 4.98 Å². The summed E-state index contributed by atoms with van der Waals surface area (Å²) in [5.41, 5.74) is 2.02. The lowest BCUT2D eigenvalue weighted by atomic mass is 10.1. The van der Waals surface area contributed by atoms with E-state index in [1.54, 1.807) is 20.2 Å². The third kappa shape index (κ3) is 3.48. The summed E-state index contributed by atoms with van der Waals surface area (Å²) in [4.78, 5) is 6.39. The predicted molar refractivity (Wildman–Crippen MR) is 80.0 cm³/mol. The lowest BCUT2D eigenvalue weighted by molar-refractivity contribution is 0.199. The number of aromatic nitrogens is 1. The van der Waals surface area contributed by atoms with E-state index < -0.39 is 6.10 Å². The average Bonchev–Trinajstić information content (AvgIpc) is 2.47. The molecule has 0 saturated heterocycles. The molecular formula is C16H20N2O2. The Hall–Kier alpha value is -2.07. The van der Waals surface area contributed by atoms with Gasteiger partial charge in [0.1, 0.15) is 11.6 Å². The largest absolute Gasteiger partial charge is 0.497 e. The van der Waals surface area contributed by atoms with E-state index in [2.05, 4.69) is 11.1 Å². The van der Waals surface area contributed by atoms with Gasteiger partial charge in [-0.3, -0.25) is 0 Å². The number of methoxy groups -OCH3 is 1. The second-order valence-electron chi connectivity index (χ2n) is 4.83. The van der Waals surface area contributed by atoms with Gasteiger partial charge in [0.2, 0.25) is 0 Å². The number of pyridine rings is 1. The van der Waals surface area contributed by atoms with Crippen LogP contribution in [0.3, 0.4) is 0 Å². The van der Waals surface area contributed by atoms with Crippen LogP contribution in [0.25, 0.3) is 0 Å². The Morgan fingerprint density at radius 2 is 2.10 bits per heavy atom. The van der Waals surface area contributed by atoms with Gasteiger partial charge in [0.15, 0.2) is 0 Å². The fraction of sp³-hybridized carbons (Fsp3) is 0.312. The van der Waals surface area contributed by atoms with Crippen molar-refractivity contribution in [1.82, 2.24) is 4.98 Å². The molecule has 106 valence electrons. The topological polar surface area (TPSA) is 45.6 Å². The number of aliphatic hydroxyl groups is 1. The molecule has 0 fully saturated rings. The highest BCUT2D eigenvalue weighted by Crippen LogP contribution is 2.20. The molecule has 1 atom stereocenters. The number of aliphatic hydroxyl groups excluding tert-OH is 1. The SMILES string of the molecule is COc1cccc(CN(C)c2cc([C@H](C)O)ccn2)c1. The molecule has 0 saturated carbocycles. The van der Waals surface area contributed by atoms with Crippen LogP contribution in [0.2, 0.25) is 0 Å². The monoisotopic (exact) mass is 272 g/mol. The van der Waals surface area contributed by atoms with Crippen molar-refractivity contribution in [3.63, 3.8) is 0 Å². The molecule has 2 aromatic rings. The van der Waals surface area contributed by atoms with Crippen molar-refractivity contribution in [2.45, 2.75) is 19.6 Å². The van der Waals surface area contributed by atoms with Gasteiger partial charge in [-0.1, -0.05) is 12.1 Å². The zero-order valence-corrected chi connectivity index (χ0v) is 12.1. The molecule has 0 aliphatic heterocycles. The maximum absolute atomic E-state index is 9.63. The maximum Gasteiger partial charge on any atom is 0.128 e. The Morgan fingerprint density at radius 1 is 1.30 bits per heavy atom. The predicted octanol–water partition coefficient (Wildman–Crippen LogP) is 2.78. The molecule has 0 amide bonds. The standard InChI is InChI=1S/C16H20N2O2/c1-12(19)14-7-8-17-16(10-14)18(2)11-13-5-4-6-15(9-13)20-3/h4-10,12,19H,11H2,1-3H3/t12-/m0/s1. The van der Waals surface area contributed by atoms with Crippen LogP contribution in [0, 0.1) is 0 Å². The molecule has 20 heavy (non-hydrogen) atoms. The lowest BCUT2D eigenvalue weighted by Gasteiger charge is -2.19.